The number of likely N-dealkylation sites (N-methyl/N-ethyl adjacent to an activating group) is 1. The maximum absolute atomic E-state index is 12.6. The van der Waals surface area contributed by atoms with Gasteiger partial charge in [0.1, 0.15) is 0 Å². The lowest BCUT2D eigenvalue weighted by atomic mass is 9.98. The van der Waals surface area contributed by atoms with Crippen molar-refractivity contribution in [1.82, 2.24) is 5.32 Å². The Morgan fingerprint density at radius 2 is 1.45 bits per heavy atom. The van der Waals surface area contributed by atoms with Crippen LogP contribution in [0.25, 0.3) is 0 Å². The predicted octanol–water partition coefficient (Wildman–Crippen LogP) is 3.46. The van der Waals surface area contributed by atoms with Crippen LogP contribution >= 0.6 is 0 Å². The minimum atomic E-state index is -0.909. The molecule has 106 valence electrons. The van der Waals surface area contributed by atoms with E-state index in [1.807, 2.05) is 50.4 Å². The molecule has 0 aliphatic rings. The maximum Gasteiger partial charge on any atom is 0.0791 e. The molecular formula is C17H21NOS. The smallest absolute Gasteiger partial charge is 0.0791 e. The van der Waals surface area contributed by atoms with Gasteiger partial charge in [-0.1, -0.05) is 67.6 Å². The number of nitrogens with one attached hydrogen (secondary N) is 1. The Bertz CT molecular complexity index is 541. The molecule has 2 rings (SSSR count). The summed E-state index contributed by atoms with van der Waals surface area (Å²) in [7, 11) is 1.02. The first-order valence-electron chi connectivity index (χ1n) is 6.92. The standard InChI is InChI=1S/C17H21NOS/c1-3-20(19)17(15-12-8-5-9-13-15)16(18-2)14-10-6-4-7-11-14/h4-13,16-18H,3H2,1-2H3. The molecule has 0 saturated carbocycles. The molecule has 1 N–H and O–H groups in total. The van der Waals surface area contributed by atoms with Crippen LogP contribution in [0.4, 0.5) is 0 Å². The Balaban J connectivity index is 2.42. The van der Waals surface area contributed by atoms with Gasteiger partial charge in [-0.05, 0) is 18.2 Å². The molecule has 0 aliphatic carbocycles. The van der Waals surface area contributed by atoms with Crippen LogP contribution in [0.3, 0.4) is 0 Å². The summed E-state index contributed by atoms with van der Waals surface area (Å²) < 4.78 is 12.6. The lowest BCUT2D eigenvalue weighted by molar-refractivity contribution is 0.562. The highest BCUT2D eigenvalue weighted by Crippen LogP contribution is 2.33. The van der Waals surface area contributed by atoms with Gasteiger partial charge >= 0.3 is 0 Å². The third kappa shape index (κ3) is 3.35. The van der Waals surface area contributed by atoms with E-state index in [0.29, 0.717) is 5.75 Å². The fourth-order valence-electron chi connectivity index (χ4n) is 2.47. The van der Waals surface area contributed by atoms with Gasteiger partial charge in [0.15, 0.2) is 0 Å². The van der Waals surface area contributed by atoms with E-state index in [-0.39, 0.29) is 11.3 Å². The summed E-state index contributed by atoms with van der Waals surface area (Å²) in [6.45, 7) is 1.98. The van der Waals surface area contributed by atoms with Crippen molar-refractivity contribution in [2.24, 2.45) is 0 Å². The first-order chi connectivity index (χ1) is 9.77. The molecule has 2 aromatic rings. The minimum Gasteiger partial charge on any atom is -0.312 e. The normalized spacial score (nSPS) is 15.5. The zero-order valence-corrected chi connectivity index (χ0v) is 12.8. The van der Waals surface area contributed by atoms with Crippen molar-refractivity contribution in [3.8, 4) is 0 Å². The summed E-state index contributed by atoms with van der Waals surface area (Å²) in [5, 5.41) is 3.31. The van der Waals surface area contributed by atoms with Crippen molar-refractivity contribution in [3.63, 3.8) is 0 Å². The van der Waals surface area contributed by atoms with E-state index in [2.05, 4.69) is 29.6 Å². The highest BCUT2D eigenvalue weighted by atomic mass is 32.2. The number of rotatable bonds is 6. The highest BCUT2D eigenvalue weighted by molar-refractivity contribution is 7.85. The van der Waals surface area contributed by atoms with Crippen molar-refractivity contribution in [3.05, 3.63) is 71.8 Å². The molecule has 2 nitrogen and oxygen atoms in total. The van der Waals surface area contributed by atoms with Gasteiger partial charge in [-0.2, -0.15) is 0 Å². The maximum atomic E-state index is 12.6. The highest BCUT2D eigenvalue weighted by Gasteiger charge is 2.27. The average Bonchev–Trinajstić information content (AvgIpc) is 2.53. The molecule has 0 aromatic heterocycles. The molecule has 0 bridgehead atoms. The van der Waals surface area contributed by atoms with E-state index in [1.54, 1.807) is 0 Å². The monoisotopic (exact) mass is 287 g/mol. The molecule has 0 radical (unpaired) electrons. The predicted molar refractivity (Wildman–Crippen MR) is 86.1 cm³/mol. The number of hydrogen-bond acceptors (Lipinski definition) is 2. The molecule has 0 amide bonds. The summed E-state index contributed by atoms with van der Waals surface area (Å²) in [6, 6.07) is 20.4. The average molecular weight is 287 g/mol. The molecule has 3 unspecified atom stereocenters. The van der Waals surface area contributed by atoms with Crippen LogP contribution in [0, 0.1) is 0 Å². The van der Waals surface area contributed by atoms with Crippen LogP contribution in [0.5, 0.6) is 0 Å². The van der Waals surface area contributed by atoms with E-state index in [1.165, 1.54) is 5.56 Å². The molecule has 0 spiro atoms. The van der Waals surface area contributed by atoms with Gasteiger partial charge in [0, 0.05) is 16.6 Å². The largest absolute Gasteiger partial charge is 0.312 e. The van der Waals surface area contributed by atoms with Crippen LogP contribution < -0.4 is 5.32 Å². The fourth-order valence-corrected chi connectivity index (χ4v) is 3.89. The molecule has 3 atom stereocenters. The van der Waals surface area contributed by atoms with Crippen LogP contribution in [0.15, 0.2) is 60.7 Å². The van der Waals surface area contributed by atoms with Crippen molar-refractivity contribution < 1.29 is 4.21 Å². The molecule has 0 fully saturated rings. The zero-order chi connectivity index (χ0) is 14.4. The number of hydrogen-bond donors (Lipinski definition) is 1. The van der Waals surface area contributed by atoms with E-state index in [4.69, 9.17) is 0 Å². The summed E-state index contributed by atoms with van der Waals surface area (Å²) in [4.78, 5) is 0. The first-order valence-corrected chi connectivity index (χ1v) is 8.30. The summed E-state index contributed by atoms with van der Waals surface area (Å²) >= 11 is 0. The molecular weight excluding hydrogens is 266 g/mol. The Morgan fingerprint density at radius 1 is 0.950 bits per heavy atom. The van der Waals surface area contributed by atoms with Gasteiger partial charge in [0.05, 0.1) is 11.3 Å². The van der Waals surface area contributed by atoms with Crippen molar-refractivity contribution in [2.75, 3.05) is 12.8 Å². The Hall–Kier alpha value is -1.45. The van der Waals surface area contributed by atoms with Crippen molar-refractivity contribution >= 4 is 10.8 Å². The molecule has 0 heterocycles. The quantitative estimate of drug-likeness (QED) is 0.881. The molecule has 0 saturated heterocycles. The van der Waals surface area contributed by atoms with E-state index >= 15 is 0 Å². The van der Waals surface area contributed by atoms with Gasteiger partial charge < -0.3 is 5.32 Å². The molecule has 2 aromatic carbocycles. The van der Waals surface area contributed by atoms with Crippen molar-refractivity contribution in [2.45, 2.75) is 18.2 Å². The van der Waals surface area contributed by atoms with Gasteiger partial charge in [-0.15, -0.1) is 0 Å². The summed E-state index contributed by atoms with van der Waals surface area (Å²) in [6.07, 6.45) is 0. The minimum absolute atomic E-state index is 0.0337. The van der Waals surface area contributed by atoms with Gasteiger partial charge in [-0.25, -0.2) is 0 Å². The van der Waals surface area contributed by atoms with Gasteiger partial charge in [0.2, 0.25) is 0 Å². The molecule has 0 aliphatic heterocycles. The second kappa shape index (κ2) is 7.36. The fraction of sp³-hybridized carbons (Fsp3) is 0.294. The van der Waals surface area contributed by atoms with E-state index in [9.17, 15) is 4.21 Å². The topological polar surface area (TPSA) is 29.1 Å². The third-order valence-electron chi connectivity index (χ3n) is 3.47. The lowest BCUT2D eigenvalue weighted by Crippen LogP contribution is -2.27. The zero-order valence-electron chi connectivity index (χ0n) is 12.0. The SMILES string of the molecule is CCS(=O)C(c1ccccc1)C(NC)c1ccccc1. The summed E-state index contributed by atoms with van der Waals surface area (Å²) in [5.74, 6) is 0.657. The Kier molecular flexibility index (Phi) is 5.50. The van der Waals surface area contributed by atoms with Crippen LogP contribution in [0.2, 0.25) is 0 Å². The molecule has 3 heteroatoms. The van der Waals surface area contributed by atoms with Gasteiger partial charge in [0.25, 0.3) is 0 Å². The second-order valence-corrected chi connectivity index (χ2v) is 6.52. The lowest BCUT2D eigenvalue weighted by Gasteiger charge is -2.27. The summed E-state index contributed by atoms with van der Waals surface area (Å²) in [5.41, 5.74) is 2.29. The van der Waals surface area contributed by atoms with E-state index < -0.39 is 10.8 Å². The number of benzene rings is 2. The van der Waals surface area contributed by atoms with Gasteiger partial charge in [-0.3, -0.25) is 4.21 Å². The Morgan fingerprint density at radius 3 is 1.90 bits per heavy atom. The Labute approximate surface area is 123 Å². The third-order valence-corrected chi connectivity index (χ3v) is 5.15. The van der Waals surface area contributed by atoms with E-state index in [0.717, 1.165) is 5.56 Å². The van der Waals surface area contributed by atoms with Crippen LogP contribution in [0.1, 0.15) is 29.3 Å². The molecule has 20 heavy (non-hydrogen) atoms. The van der Waals surface area contributed by atoms with Crippen molar-refractivity contribution in [1.29, 1.82) is 0 Å². The second-order valence-electron chi connectivity index (χ2n) is 4.68. The van der Waals surface area contributed by atoms with Crippen LogP contribution in [-0.2, 0) is 10.8 Å². The first kappa shape index (κ1) is 14.9. The van der Waals surface area contributed by atoms with Crippen LogP contribution in [-0.4, -0.2) is 17.0 Å².